The quantitative estimate of drug-likeness (QED) is 0.544. The second-order valence-corrected chi connectivity index (χ2v) is 9.12. The van der Waals surface area contributed by atoms with E-state index in [1.165, 1.54) is 6.42 Å². The molecule has 0 atom stereocenters. The van der Waals surface area contributed by atoms with E-state index >= 15 is 0 Å². The molecule has 166 valence electrons. The van der Waals surface area contributed by atoms with Crippen LogP contribution in [0.5, 0.6) is 0 Å². The molecule has 0 unspecified atom stereocenters. The summed E-state index contributed by atoms with van der Waals surface area (Å²) in [6, 6.07) is 22.6. The zero-order valence-corrected chi connectivity index (χ0v) is 18.9. The minimum absolute atomic E-state index is 0.366. The normalized spacial score (nSPS) is 14.9. The van der Waals surface area contributed by atoms with Crippen LogP contribution in [-0.4, -0.2) is 35.6 Å². The Morgan fingerprint density at radius 3 is 2.24 bits per heavy atom. The van der Waals surface area contributed by atoms with Crippen LogP contribution in [0.3, 0.4) is 0 Å². The monoisotopic (exact) mass is 456 g/mol. The van der Waals surface area contributed by atoms with Crippen LogP contribution >= 0.6 is 11.8 Å². The molecule has 1 saturated heterocycles. The highest BCUT2D eigenvalue weighted by atomic mass is 32.2. The number of carbonyl (C=O) groups excluding carboxylic acids is 2. The van der Waals surface area contributed by atoms with Crippen LogP contribution in [0.2, 0.25) is 0 Å². The van der Waals surface area contributed by atoms with E-state index in [2.05, 4.69) is 27.9 Å². The van der Waals surface area contributed by atoms with E-state index in [-0.39, 0.29) is 11.8 Å². The van der Waals surface area contributed by atoms with E-state index in [9.17, 15) is 9.59 Å². The predicted molar refractivity (Wildman–Crippen MR) is 130 cm³/mol. The maximum atomic E-state index is 12.8. The first-order valence-electron chi connectivity index (χ1n) is 11.1. The molecule has 2 amide bonds. The van der Waals surface area contributed by atoms with E-state index in [1.54, 1.807) is 48.2 Å². The second kappa shape index (κ2) is 9.50. The van der Waals surface area contributed by atoms with Crippen LogP contribution in [0.25, 0.3) is 0 Å². The lowest BCUT2D eigenvalue weighted by molar-refractivity contribution is 0.0846. The van der Waals surface area contributed by atoms with Gasteiger partial charge in [-0.1, -0.05) is 48.2 Å². The molecule has 5 rings (SSSR count). The SMILES string of the molecule is O=C(NNC(=O)c1ccc2c(c1)N=C(N1CCCCC1)c1ccccc1S2)c1ccccc1. The largest absolute Gasteiger partial charge is 0.356 e. The number of hydrogen-bond donors (Lipinski definition) is 2. The van der Waals surface area contributed by atoms with Gasteiger partial charge in [0.1, 0.15) is 5.84 Å². The minimum Gasteiger partial charge on any atom is -0.356 e. The number of hydrazine groups is 1. The van der Waals surface area contributed by atoms with E-state index in [0.717, 1.165) is 52.8 Å². The third-order valence-corrected chi connectivity index (χ3v) is 6.92. The van der Waals surface area contributed by atoms with Gasteiger partial charge in [-0.05, 0) is 55.7 Å². The number of likely N-dealkylation sites (tertiary alicyclic amines) is 1. The molecule has 0 aromatic heterocycles. The Morgan fingerprint density at radius 1 is 0.758 bits per heavy atom. The summed E-state index contributed by atoms with van der Waals surface area (Å²) >= 11 is 1.66. The minimum atomic E-state index is -0.386. The number of carbonyl (C=O) groups is 2. The smallest absolute Gasteiger partial charge is 0.269 e. The molecule has 0 bridgehead atoms. The number of benzene rings is 3. The summed E-state index contributed by atoms with van der Waals surface area (Å²) in [5.74, 6) is 0.213. The van der Waals surface area contributed by atoms with Gasteiger partial charge >= 0.3 is 0 Å². The van der Waals surface area contributed by atoms with Gasteiger partial charge in [0.15, 0.2) is 0 Å². The van der Waals surface area contributed by atoms with Crippen molar-refractivity contribution in [2.45, 2.75) is 29.1 Å². The van der Waals surface area contributed by atoms with Crippen molar-refractivity contribution in [2.24, 2.45) is 4.99 Å². The van der Waals surface area contributed by atoms with Crippen LogP contribution < -0.4 is 10.9 Å². The lowest BCUT2D eigenvalue weighted by Crippen LogP contribution is -2.41. The third-order valence-electron chi connectivity index (χ3n) is 5.78. The van der Waals surface area contributed by atoms with Gasteiger partial charge < -0.3 is 4.90 Å². The third kappa shape index (κ3) is 4.64. The average Bonchev–Trinajstić information content (AvgIpc) is 3.04. The number of fused-ring (bicyclic) bond motifs is 2. The molecule has 0 radical (unpaired) electrons. The van der Waals surface area contributed by atoms with Crippen LogP contribution in [0, 0.1) is 0 Å². The Labute approximate surface area is 197 Å². The van der Waals surface area contributed by atoms with Crippen LogP contribution in [-0.2, 0) is 0 Å². The molecule has 2 aliphatic rings. The number of hydrogen-bond acceptors (Lipinski definition) is 5. The highest BCUT2D eigenvalue weighted by molar-refractivity contribution is 7.99. The number of rotatable bonds is 2. The van der Waals surface area contributed by atoms with Crippen molar-refractivity contribution in [1.29, 1.82) is 0 Å². The fourth-order valence-electron chi connectivity index (χ4n) is 4.06. The number of aliphatic imine (C=N–C) groups is 1. The topological polar surface area (TPSA) is 73.8 Å². The zero-order chi connectivity index (χ0) is 22.6. The second-order valence-electron chi connectivity index (χ2n) is 8.04. The van der Waals surface area contributed by atoms with Gasteiger partial charge in [-0.3, -0.25) is 20.4 Å². The molecule has 0 saturated carbocycles. The first-order chi connectivity index (χ1) is 16.2. The van der Waals surface area contributed by atoms with E-state index in [0.29, 0.717) is 11.1 Å². The highest BCUT2D eigenvalue weighted by Crippen LogP contribution is 2.41. The lowest BCUT2D eigenvalue weighted by atomic mass is 10.1. The van der Waals surface area contributed by atoms with Gasteiger partial charge in [0.05, 0.1) is 5.69 Å². The van der Waals surface area contributed by atoms with Crippen LogP contribution in [0.1, 0.15) is 45.5 Å². The Balaban J connectivity index is 1.41. The Hall–Kier alpha value is -3.58. The number of nitrogens with one attached hydrogen (secondary N) is 2. The van der Waals surface area contributed by atoms with E-state index < -0.39 is 0 Å². The van der Waals surface area contributed by atoms with Crippen molar-refractivity contribution in [3.8, 4) is 0 Å². The Kier molecular flexibility index (Phi) is 6.13. The maximum Gasteiger partial charge on any atom is 0.269 e. The molecule has 6 nitrogen and oxygen atoms in total. The fraction of sp³-hybridized carbons (Fsp3) is 0.192. The number of amides is 2. The molecule has 2 N–H and O–H groups in total. The van der Waals surface area contributed by atoms with Crippen molar-refractivity contribution in [2.75, 3.05) is 13.1 Å². The number of nitrogens with zero attached hydrogens (tertiary/aromatic N) is 2. The summed E-state index contributed by atoms with van der Waals surface area (Å²) in [5, 5.41) is 0. The zero-order valence-electron chi connectivity index (χ0n) is 18.1. The van der Waals surface area contributed by atoms with E-state index in [1.807, 2.05) is 24.3 Å². The summed E-state index contributed by atoms with van der Waals surface area (Å²) in [6.07, 6.45) is 3.56. The average molecular weight is 457 g/mol. The van der Waals surface area contributed by atoms with Crippen molar-refractivity contribution in [3.63, 3.8) is 0 Å². The van der Waals surface area contributed by atoms with Gasteiger partial charge in [0.2, 0.25) is 0 Å². The first kappa shape index (κ1) is 21.3. The van der Waals surface area contributed by atoms with Gasteiger partial charge in [0.25, 0.3) is 11.8 Å². The summed E-state index contributed by atoms with van der Waals surface area (Å²) < 4.78 is 0. The molecule has 2 aliphatic heterocycles. The Morgan fingerprint density at radius 2 is 1.45 bits per heavy atom. The van der Waals surface area contributed by atoms with Gasteiger partial charge in [-0.2, -0.15) is 0 Å². The molecule has 0 spiro atoms. The molecule has 0 aliphatic carbocycles. The Bertz CT molecular complexity index is 1220. The summed E-state index contributed by atoms with van der Waals surface area (Å²) in [4.78, 5) is 34.6. The molecule has 3 aromatic rings. The lowest BCUT2D eigenvalue weighted by Gasteiger charge is -2.30. The maximum absolute atomic E-state index is 12.8. The van der Waals surface area contributed by atoms with Gasteiger partial charge in [-0.25, -0.2) is 4.99 Å². The number of piperidine rings is 1. The van der Waals surface area contributed by atoms with Crippen LogP contribution in [0.4, 0.5) is 5.69 Å². The molecule has 7 heteroatoms. The first-order valence-corrected chi connectivity index (χ1v) is 11.9. The van der Waals surface area contributed by atoms with Gasteiger partial charge in [0, 0.05) is 39.6 Å². The summed E-state index contributed by atoms with van der Waals surface area (Å²) in [7, 11) is 0. The molecule has 3 aromatic carbocycles. The molecule has 33 heavy (non-hydrogen) atoms. The van der Waals surface area contributed by atoms with Crippen LogP contribution in [0.15, 0.2) is 87.6 Å². The van der Waals surface area contributed by atoms with Crippen molar-refractivity contribution < 1.29 is 9.59 Å². The van der Waals surface area contributed by atoms with Gasteiger partial charge in [-0.15, -0.1) is 0 Å². The summed E-state index contributed by atoms with van der Waals surface area (Å²) in [6.45, 7) is 1.97. The molecule has 1 fully saturated rings. The van der Waals surface area contributed by atoms with Crippen molar-refractivity contribution in [3.05, 3.63) is 89.5 Å². The highest BCUT2D eigenvalue weighted by Gasteiger charge is 2.23. The summed E-state index contributed by atoms with van der Waals surface area (Å²) in [5.41, 5.74) is 7.79. The standard InChI is InChI=1S/C26H24N4O2S/c31-25(18-9-3-1-4-10-18)28-29-26(32)19-13-14-23-21(17-19)27-24(30-15-7-2-8-16-30)20-11-5-6-12-22(20)33-23/h1,3-6,9-14,17H,2,7-8,15-16H2,(H,28,31)(H,29,32). The van der Waals surface area contributed by atoms with Crippen molar-refractivity contribution in [1.82, 2.24) is 15.8 Å². The number of amidine groups is 1. The van der Waals surface area contributed by atoms with E-state index in [4.69, 9.17) is 4.99 Å². The van der Waals surface area contributed by atoms with Crippen molar-refractivity contribution >= 4 is 35.1 Å². The molecular formula is C26H24N4O2S. The molecule has 2 heterocycles. The fourth-order valence-corrected chi connectivity index (χ4v) is 5.06. The predicted octanol–water partition coefficient (Wildman–Crippen LogP) is 4.79. The molecular weight excluding hydrogens is 432 g/mol.